The molecular formula is C27H27N3O2S. The summed E-state index contributed by atoms with van der Waals surface area (Å²) in [6, 6.07) is 25.3. The summed E-state index contributed by atoms with van der Waals surface area (Å²) < 4.78 is 27.4. The first kappa shape index (κ1) is 21.6. The summed E-state index contributed by atoms with van der Waals surface area (Å²) in [5, 5.41) is 0.877. The Hall–Kier alpha value is -3.22. The molecular weight excluding hydrogens is 430 g/mol. The van der Waals surface area contributed by atoms with Crippen molar-refractivity contribution in [3.05, 3.63) is 96.2 Å². The van der Waals surface area contributed by atoms with Crippen molar-refractivity contribution >= 4 is 26.4 Å². The van der Waals surface area contributed by atoms with E-state index in [0.29, 0.717) is 4.90 Å². The number of hydrogen-bond donors (Lipinski definition) is 0. The molecule has 0 unspecified atom stereocenters. The van der Waals surface area contributed by atoms with Crippen LogP contribution in [0.2, 0.25) is 0 Å². The van der Waals surface area contributed by atoms with Crippen molar-refractivity contribution < 1.29 is 8.42 Å². The molecule has 1 fully saturated rings. The topological polar surface area (TPSA) is 53.5 Å². The largest absolute Gasteiger partial charge is 0.367 e. The van der Waals surface area contributed by atoms with Crippen LogP contribution >= 0.6 is 0 Å². The molecule has 0 radical (unpaired) electrons. The fourth-order valence-electron chi connectivity index (χ4n) is 4.45. The number of rotatable bonds is 5. The van der Waals surface area contributed by atoms with Gasteiger partial charge in [0.2, 0.25) is 9.84 Å². The Labute approximate surface area is 195 Å². The van der Waals surface area contributed by atoms with Crippen molar-refractivity contribution in [3.63, 3.8) is 0 Å². The van der Waals surface area contributed by atoms with Crippen LogP contribution in [-0.2, 0) is 16.4 Å². The van der Waals surface area contributed by atoms with Crippen LogP contribution in [0.3, 0.4) is 0 Å². The minimum Gasteiger partial charge on any atom is -0.367 e. The molecule has 4 aromatic rings. The van der Waals surface area contributed by atoms with E-state index < -0.39 is 9.84 Å². The van der Waals surface area contributed by atoms with Crippen LogP contribution in [0.4, 0.5) is 5.69 Å². The molecule has 5 rings (SSSR count). The van der Waals surface area contributed by atoms with Gasteiger partial charge < -0.3 is 4.90 Å². The number of aryl methyl sites for hydroxylation is 1. The molecule has 1 aliphatic rings. The van der Waals surface area contributed by atoms with Gasteiger partial charge in [0.25, 0.3) is 0 Å². The van der Waals surface area contributed by atoms with Crippen LogP contribution in [0, 0.1) is 6.92 Å². The third-order valence-corrected chi connectivity index (χ3v) is 8.04. The number of anilines is 1. The molecule has 5 nitrogen and oxygen atoms in total. The number of fused-ring (bicyclic) bond motifs is 1. The number of para-hydroxylation sites is 1. The van der Waals surface area contributed by atoms with Gasteiger partial charge in [-0.3, -0.25) is 9.88 Å². The minimum atomic E-state index is -3.71. The molecule has 0 saturated carbocycles. The Kier molecular flexibility index (Phi) is 5.87. The highest BCUT2D eigenvalue weighted by Crippen LogP contribution is 2.36. The Morgan fingerprint density at radius 2 is 1.48 bits per heavy atom. The lowest BCUT2D eigenvalue weighted by molar-refractivity contribution is 0.249. The summed E-state index contributed by atoms with van der Waals surface area (Å²) >= 11 is 0. The first-order valence-corrected chi connectivity index (χ1v) is 12.7. The molecule has 0 bridgehead atoms. The smallest absolute Gasteiger partial charge is 0.210 e. The monoisotopic (exact) mass is 457 g/mol. The van der Waals surface area contributed by atoms with Gasteiger partial charge in [-0.2, -0.15) is 0 Å². The molecule has 0 N–H and O–H groups in total. The Morgan fingerprint density at radius 3 is 2.21 bits per heavy atom. The first-order chi connectivity index (χ1) is 16.0. The number of benzene rings is 3. The maximum Gasteiger partial charge on any atom is 0.210 e. The summed E-state index contributed by atoms with van der Waals surface area (Å²) in [6.45, 7) is 6.12. The number of sulfone groups is 1. The molecule has 1 aliphatic heterocycles. The fourth-order valence-corrected chi connectivity index (χ4v) is 5.88. The predicted molar refractivity (Wildman–Crippen MR) is 132 cm³/mol. The van der Waals surface area contributed by atoms with E-state index in [1.165, 1.54) is 11.8 Å². The zero-order valence-electron chi connectivity index (χ0n) is 18.7. The molecule has 3 aromatic carbocycles. The standard InChI is InChI=1S/C27H27N3O2S/c1-21-11-13-23(14-12-21)33(31,32)26-19-28-25-10-6-5-9-24(25)27(26)30-17-15-29(16-18-30)20-22-7-3-2-4-8-22/h2-14,19H,15-18,20H2,1H3. The summed E-state index contributed by atoms with van der Waals surface area (Å²) in [7, 11) is -3.71. The highest BCUT2D eigenvalue weighted by molar-refractivity contribution is 7.91. The molecule has 0 atom stereocenters. The SMILES string of the molecule is Cc1ccc(S(=O)(=O)c2cnc3ccccc3c2N2CCN(Cc3ccccc3)CC2)cc1. The molecule has 0 spiro atoms. The highest BCUT2D eigenvalue weighted by Gasteiger charge is 2.28. The lowest BCUT2D eigenvalue weighted by atomic mass is 10.1. The molecule has 6 heteroatoms. The van der Waals surface area contributed by atoms with Crippen molar-refractivity contribution in [2.75, 3.05) is 31.1 Å². The van der Waals surface area contributed by atoms with Crippen LogP contribution in [0.25, 0.3) is 10.9 Å². The van der Waals surface area contributed by atoms with Gasteiger partial charge in [0, 0.05) is 44.3 Å². The zero-order valence-corrected chi connectivity index (χ0v) is 19.5. The van der Waals surface area contributed by atoms with Crippen molar-refractivity contribution in [2.45, 2.75) is 23.3 Å². The van der Waals surface area contributed by atoms with Gasteiger partial charge in [0.1, 0.15) is 4.90 Å². The van der Waals surface area contributed by atoms with Gasteiger partial charge in [0.05, 0.1) is 16.1 Å². The molecule has 0 aliphatic carbocycles. The van der Waals surface area contributed by atoms with Crippen LogP contribution in [0.15, 0.2) is 94.9 Å². The number of pyridine rings is 1. The van der Waals surface area contributed by atoms with E-state index in [9.17, 15) is 8.42 Å². The third-order valence-electron chi connectivity index (χ3n) is 6.27. The molecule has 168 valence electrons. The van der Waals surface area contributed by atoms with Gasteiger partial charge in [-0.05, 0) is 30.7 Å². The minimum absolute atomic E-state index is 0.279. The van der Waals surface area contributed by atoms with Gasteiger partial charge in [-0.1, -0.05) is 66.2 Å². The molecule has 33 heavy (non-hydrogen) atoms. The van der Waals surface area contributed by atoms with Crippen LogP contribution in [-0.4, -0.2) is 44.5 Å². The van der Waals surface area contributed by atoms with Crippen LogP contribution in [0.5, 0.6) is 0 Å². The van der Waals surface area contributed by atoms with Crippen molar-refractivity contribution in [2.24, 2.45) is 0 Å². The second-order valence-electron chi connectivity index (χ2n) is 8.55. The van der Waals surface area contributed by atoms with E-state index >= 15 is 0 Å². The van der Waals surface area contributed by atoms with E-state index in [-0.39, 0.29) is 4.90 Å². The van der Waals surface area contributed by atoms with Crippen molar-refractivity contribution in [1.82, 2.24) is 9.88 Å². The molecule has 2 heterocycles. The number of nitrogens with zero attached hydrogens (tertiary/aromatic N) is 3. The van der Waals surface area contributed by atoms with E-state index in [1.54, 1.807) is 12.1 Å². The lowest BCUT2D eigenvalue weighted by Crippen LogP contribution is -2.46. The van der Waals surface area contributed by atoms with E-state index in [1.807, 2.05) is 49.4 Å². The van der Waals surface area contributed by atoms with Gasteiger partial charge in [-0.15, -0.1) is 0 Å². The average molecular weight is 458 g/mol. The van der Waals surface area contributed by atoms with E-state index in [4.69, 9.17) is 0 Å². The second-order valence-corrected chi connectivity index (χ2v) is 10.5. The molecule has 1 aromatic heterocycles. The fraction of sp³-hybridized carbons (Fsp3) is 0.222. The summed E-state index contributed by atoms with van der Waals surface area (Å²) in [5.74, 6) is 0. The van der Waals surface area contributed by atoms with E-state index in [2.05, 4.69) is 39.0 Å². The van der Waals surface area contributed by atoms with Gasteiger partial charge in [0.15, 0.2) is 0 Å². The maximum absolute atomic E-state index is 13.7. The van der Waals surface area contributed by atoms with Crippen LogP contribution < -0.4 is 4.90 Å². The van der Waals surface area contributed by atoms with Crippen molar-refractivity contribution in [1.29, 1.82) is 0 Å². The quantitative estimate of drug-likeness (QED) is 0.435. The third kappa shape index (κ3) is 4.36. The first-order valence-electron chi connectivity index (χ1n) is 11.2. The summed E-state index contributed by atoms with van der Waals surface area (Å²) in [5.41, 5.74) is 3.89. The highest BCUT2D eigenvalue weighted by atomic mass is 32.2. The van der Waals surface area contributed by atoms with Gasteiger partial charge >= 0.3 is 0 Å². The number of aromatic nitrogens is 1. The lowest BCUT2D eigenvalue weighted by Gasteiger charge is -2.37. The van der Waals surface area contributed by atoms with Gasteiger partial charge in [-0.25, -0.2) is 8.42 Å². The molecule has 1 saturated heterocycles. The Morgan fingerprint density at radius 1 is 0.818 bits per heavy atom. The van der Waals surface area contributed by atoms with Crippen LogP contribution in [0.1, 0.15) is 11.1 Å². The van der Waals surface area contributed by atoms with Crippen molar-refractivity contribution in [3.8, 4) is 0 Å². The van der Waals surface area contributed by atoms with E-state index in [0.717, 1.165) is 54.9 Å². The normalized spacial score (nSPS) is 15.1. The zero-order chi connectivity index (χ0) is 22.8. The second kappa shape index (κ2) is 8.96. The number of piperazine rings is 1. The summed E-state index contributed by atoms with van der Waals surface area (Å²) in [6.07, 6.45) is 1.53. The Bertz CT molecular complexity index is 1360. The predicted octanol–water partition coefficient (Wildman–Crippen LogP) is 4.70. The maximum atomic E-state index is 13.7. The molecule has 0 amide bonds. The summed E-state index contributed by atoms with van der Waals surface area (Å²) in [4.78, 5) is 9.71. The number of hydrogen-bond acceptors (Lipinski definition) is 5. The Balaban J connectivity index is 1.50. The average Bonchev–Trinajstić information content (AvgIpc) is 2.85.